The number of ether oxygens (including phenoxy) is 1. The highest BCUT2D eigenvalue weighted by Crippen LogP contribution is 2.13. The van der Waals surface area contributed by atoms with Gasteiger partial charge in [-0.1, -0.05) is 19.1 Å². The van der Waals surface area contributed by atoms with Gasteiger partial charge in [-0.15, -0.1) is 0 Å². The van der Waals surface area contributed by atoms with Crippen LogP contribution in [0, 0.1) is 4.77 Å². The molecule has 0 bridgehead atoms. The number of nitrogens with zero attached hydrogens (tertiary/aromatic N) is 4. The van der Waals surface area contributed by atoms with Crippen LogP contribution in [-0.2, 0) is 26.4 Å². The van der Waals surface area contributed by atoms with Crippen molar-refractivity contribution in [2.24, 2.45) is 0 Å². The largest absolute Gasteiger partial charge is 0.497 e. The normalized spacial score (nSPS) is 11.2. The van der Waals surface area contributed by atoms with Crippen LogP contribution in [0.3, 0.4) is 0 Å². The van der Waals surface area contributed by atoms with Crippen molar-refractivity contribution >= 4 is 12.2 Å². The molecule has 0 saturated heterocycles. The summed E-state index contributed by atoms with van der Waals surface area (Å²) in [4.78, 5) is 2.13. The van der Waals surface area contributed by atoms with Gasteiger partial charge < -0.3 is 14.4 Å². The van der Waals surface area contributed by atoms with Gasteiger partial charge in [0.1, 0.15) is 12.4 Å². The van der Waals surface area contributed by atoms with E-state index in [2.05, 4.69) is 16.9 Å². The maximum Gasteiger partial charge on any atom is 0.199 e. The number of aliphatic hydroxyl groups excluding tert-OH is 1. The Morgan fingerprint density at radius 1 is 1.30 bits per heavy atom. The summed E-state index contributed by atoms with van der Waals surface area (Å²) in [5, 5.41) is 13.9. The minimum absolute atomic E-state index is 0.0984. The molecule has 0 aliphatic heterocycles. The lowest BCUT2D eigenvalue weighted by Crippen LogP contribution is -2.22. The van der Waals surface area contributed by atoms with Crippen LogP contribution in [0.15, 0.2) is 24.3 Å². The van der Waals surface area contributed by atoms with Crippen LogP contribution in [0.5, 0.6) is 5.75 Å². The van der Waals surface area contributed by atoms with E-state index in [9.17, 15) is 5.11 Å². The van der Waals surface area contributed by atoms with E-state index in [0.717, 1.165) is 25.3 Å². The molecule has 2 rings (SSSR count). The minimum Gasteiger partial charge on any atom is -0.497 e. The minimum atomic E-state index is -0.0984. The number of aromatic nitrogens is 3. The summed E-state index contributed by atoms with van der Waals surface area (Å²) in [6.07, 6.45) is 0.953. The first-order chi connectivity index (χ1) is 11.1. The predicted molar refractivity (Wildman–Crippen MR) is 91.7 cm³/mol. The second-order valence-electron chi connectivity index (χ2n) is 5.51. The summed E-state index contributed by atoms with van der Waals surface area (Å²) < 4.78 is 9.48. The highest BCUT2D eigenvalue weighted by molar-refractivity contribution is 7.71. The Balaban J connectivity index is 2.07. The van der Waals surface area contributed by atoms with Crippen LogP contribution < -0.4 is 4.74 Å². The molecule has 6 nitrogen and oxygen atoms in total. The Morgan fingerprint density at radius 3 is 2.57 bits per heavy atom. The van der Waals surface area contributed by atoms with E-state index in [0.29, 0.717) is 17.3 Å². The molecule has 126 valence electrons. The van der Waals surface area contributed by atoms with Gasteiger partial charge in [-0.3, -0.25) is 4.90 Å². The summed E-state index contributed by atoms with van der Waals surface area (Å²) in [5.74, 6) is 1.47. The molecule has 0 unspecified atom stereocenters. The summed E-state index contributed by atoms with van der Waals surface area (Å²) in [5.41, 5.74) is 1.19. The molecule has 0 aliphatic rings. The van der Waals surface area contributed by atoms with E-state index in [1.165, 1.54) is 5.56 Å². The lowest BCUT2D eigenvalue weighted by molar-refractivity contribution is 0.238. The zero-order chi connectivity index (χ0) is 16.8. The van der Waals surface area contributed by atoms with E-state index in [4.69, 9.17) is 17.0 Å². The number of aliphatic hydroxyl groups is 1. The first-order valence-corrected chi connectivity index (χ1v) is 8.08. The number of methoxy groups -OCH3 is 1. The molecule has 0 atom stereocenters. The number of rotatable bonds is 8. The summed E-state index contributed by atoms with van der Waals surface area (Å²) >= 11 is 5.47. The quantitative estimate of drug-likeness (QED) is 0.750. The molecule has 7 heteroatoms. The van der Waals surface area contributed by atoms with Gasteiger partial charge in [-0.2, -0.15) is 5.10 Å². The Hall–Kier alpha value is -1.70. The third-order valence-electron chi connectivity index (χ3n) is 3.57. The molecule has 0 aliphatic carbocycles. The Morgan fingerprint density at radius 2 is 2.00 bits per heavy atom. The van der Waals surface area contributed by atoms with Crippen molar-refractivity contribution < 1.29 is 9.84 Å². The molecule has 0 amide bonds. The fourth-order valence-electron chi connectivity index (χ4n) is 2.46. The Labute approximate surface area is 141 Å². The van der Waals surface area contributed by atoms with E-state index < -0.39 is 0 Å². The van der Waals surface area contributed by atoms with E-state index in [-0.39, 0.29) is 6.61 Å². The lowest BCUT2D eigenvalue weighted by Gasteiger charge is -2.16. The van der Waals surface area contributed by atoms with Crippen LogP contribution in [0.25, 0.3) is 0 Å². The van der Waals surface area contributed by atoms with Gasteiger partial charge in [0.15, 0.2) is 10.6 Å². The maximum atomic E-state index is 9.43. The third kappa shape index (κ3) is 4.40. The molecular formula is C16H24N4O2S. The molecule has 0 radical (unpaired) electrons. The molecule has 0 saturated carbocycles. The topological polar surface area (TPSA) is 55.5 Å². The second-order valence-corrected chi connectivity index (χ2v) is 5.88. The summed E-state index contributed by atoms with van der Waals surface area (Å²) in [6.45, 7) is 4.11. The van der Waals surface area contributed by atoms with Gasteiger partial charge >= 0.3 is 0 Å². The smallest absolute Gasteiger partial charge is 0.199 e. The molecule has 1 heterocycles. The number of benzene rings is 1. The molecule has 0 fully saturated rings. The van der Waals surface area contributed by atoms with Gasteiger partial charge in [0.2, 0.25) is 0 Å². The van der Waals surface area contributed by atoms with Gasteiger partial charge in [0.25, 0.3) is 0 Å². The summed E-state index contributed by atoms with van der Waals surface area (Å²) in [6, 6.07) is 8.00. The van der Waals surface area contributed by atoms with Gasteiger partial charge in [0.05, 0.1) is 13.8 Å². The molecule has 1 aromatic carbocycles. The average molecular weight is 336 g/mol. The predicted octanol–water partition coefficient (Wildman–Crippen LogP) is 2.41. The monoisotopic (exact) mass is 336 g/mol. The zero-order valence-corrected chi connectivity index (χ0v) is 14.7. The van der Waals surface area contributed by atoms with E-state index in [1.54, 1.807) is 11.8 Å². The standard InChI is InChI=1S/C16H24N4O2S/c1-4-9-19-15(11-21)17-20(16(19)23)12-18(2)10-13-5-7-14(22-3)8-6-13/h5-8,21H,4,9-12H2,1-3H3. The van der Waals surface area contributed by atoms with Crippen molar-refractivity contribution in [2.75, 3.05) is 14.2 Å². The Kier molecular flexibility index (Phi) is 6.32. The van der Waals surface area contributed by atoms with Crippen molar-refractivity contribution in [3.05, 3.63) is 40.4 Å². The van der Waals surface area contributed by atoms with E-state index >= 15 is 0 Å². The van der Waals surface area contributed by atoms with Gasteiger partial charge in [-0.05, 0) is 43.4 Å². The van der Waals surface area contributed by atoms with Crippen molar-refractivity contribution in [2.45, 2.75) is 39.7 Å². The van der Waals surface area contributed by atoms with Gasteiger partial charge in [0, 0.05) is 13.1 Å². The van der Waals surface area contributed by atoms with E-state index in [1.807, 2.05) is 35.9 Å². The molecule has 1 N–H and O–H groups in total. The van der Waals surface area contributed by atoms with Gasteiger partial charge in [-0.25, -0.2) is 4.68 Å². The third-order valence-corrected chi connectivity index (χ3v) is 4.01. The molecule has 2 aromatic rings. The van der Waals surface area contributed by atoms with Crippen molar-refractivity contribution in [1.29, 1.82) is 0 Å². The van der Waals surface area contributed by atoms with Crippen LogP contribution in [0.2, 0.25) is 0 Å². The van der Waals surface area contributed by atoms with Crippen LogP contribution in [0.4, 0.5) is 0 Å². The first kappa shape index (κ1) is 17.7. The average Bonchev–Trinajstić information content (AvgIpc) is 2.84. The highest BCUT2D eigenvalue weighted by atomic mass is 32.1. The first-order valence-electron chi connectivity index (χ1n) is 7.67. The molecular weight excluding hydrogens is 312 g/mol. The second kappa shape index (κ2) is 8.24. The fraction of sp³-hybridized carbons (Fsp3) is 0.500. The van der Waals surface area contributed by atoms with Crippen LogP contribution in [-0.4, -0.2) is 38.5 Å². The molecule has 1 aromatic heterocycles. The SMILES string of the molecule is CCCn1c(CO)nn(CN(C)Cc2ccc(OC)cc2)c1=S. The Bertz CT molecular complexity index is 678. The molecule has 23 heavy (non-hydrogen) atoms. The number of hydrogen-bond donors (Lipinski definition) is 1. The maximum absolute atomic E-state index is 9.43. The summed E-state index contributed by atoms with van der Waals surface area (Å²) in [7, 11) is 3.68. The van der Waals surface area contributed by atoms with Crippen molar-refractivity contribution in [3.63, 3.8) is 0 Å². The van der Waals surface area contributed by atoms with Crippen molar-refractivity contribution in [3.8, 4) is 5.75 Å². The fourth-order valence-corrected chi connectivity index (χ4v) is 2.76. The zero-order valence-electron chi connectivity index (χ0n) is 13.9. The number of hydrogen-bond acceptors (Lipinski definition) is 5. The molecule has 0 spiro atoms. The van der Waals surface area contributed by atoms with Crippen LogP contribution in [0.1, 0.15) is 24.7 Å². The van der Waals surface area contributed by atoms with Crippen LogP contribution >= 0.6 is 12.2 Å². The highest BCUT2D eigenvalue weighted by Gasteiger charge is 2.11. The van der Waals surface area contributed by atoms with Crippen molar-refractivity contribution in [1.82, 2.24) is 19.2 Å². The lowest BCUT2D eigenvalue weighted by atomic mass is 10.2.